The molecule has 3 aromatic rings. The molecule has 0 aliphatic heterocycles. The molecule has 0 radical (unpaired) electrons. The summed E-state index contributed by atoms with van der Waals surface area (Å²) in [6.07, 6.45) is 4.99. The van der Waals surface area contributed by atoms with E-state index in [2.05, 4.69) is 33.0 Å². The minimum absolute atomic E-state index is 0.0956. The Morgan fingerprint density at radius 3 is 2.80 bits per heavy atom. The van der Waals surface area contributed by atoms with Crippen molar-refractivity contribution in [1.82, 2.24) is 4.98 Å². The van der Waals surface area contributed by atoms with Crippen molar-refractivity contribution in [3.05, 3.63) is 73.9 Å². The van der Waals surface area contributed by atoms with E-state index in [1.165, 1.54) is 28.8 Å². The predicted molar refractivity (Wildman–Crippen MR) is 102 cm³/mol. The molecule has 4 rings (SSSR count). The number of rotatable bonds is 3. The van der Waals surface area contributed by atoms with E-state index in [1.807, 2.05) is 12.3 Å². The van der Waals surface area contributed by atoms with Crippen LogP contribution in [0.2, 0.25) is 0 Å². The maximum absolute atomic E-state index is 10.7. The van der Waals surface area contributed by atoms with Crippen LogP contribution in [0.25, 0.3) is 10.9 Å². The summed E-state index contributed by atoms with van der Waals surface area (Å²) in [6, 6.07) is 12.9. The highest BCUT2D eigenvalue weighted by Crippen LogP contribution is 2.37. The van der Waals surface area contributed by atoms with Gasteiger partial charge in [-0.05, 0) is 60.7 Å². The molecular weight excluding hydrogens is 382 g/mol. The minimum atomic E-state index is -0.392. The van der Waals surface area contributed by atoms with Gasteiger partial charge in [-0.3, -0.25) is 15.1 Å². The average molecular weight is 398 g/mol. The summed E-state index contributed by atoms with van der Waals surface area (Å²) in [4.78, 5) is 18.6. The monoisotopic (exact) mass is 397 g/mol. The lowest BCUT2D eigenvalue weighted by Crippen LogP contribution is -2.07. The summed E-state index contributed by atoms with van der Waals surface area (Å²) in [5.41, 5.74) is 4.66. The van der Waals surface area contributed by atoms with Crippen LogP contribution in [0.4, 0.5) is 5.69 Å². The Morgan fingerprint density at radius 2 is 2.04 bits per heavy atom. The molecule has 5 nitrogen and oxygen atoms in total. The molecule has 0 saturated carbocycles. The van der Waals surface area contributed by atoms with Crippen LogP contribution in [0.5, 0.6) is 0 Å². The van der Waals surface area contributed by atoms with E-state index >= 15 is 0 Å². The summed E-state index contributed by atoms with van der Waals surface area (Å²) in [5, 5.41) is 12.0. The number of nitrogens with zero attached hydrogens (tertiary/aromatic N) is 2. The number of halogens is 1. The Hall–Kier alpha value is -2.47. The molecule has 0 saturated heterocycles. The van der Waals surface area contributed by atoms with E-state index < -0.39 is 4.92 Å². The summed E-state index contributed by atoms with van der Waals surface area (Å²) >= 11 is 3.55. The fourth-order valence-corrected chi connectivity index (χ4v) is 3.78. The minimum Gasteiger partial charge on any atom is -0.356 e. The van der Waals surface area contributed by atoms with Crippen molar-refractivity contribution in [3.8, 4) is 0 Å². The largest absolute Gasteiger partial charge is 0.356 e. The summed E-state index contributed by atoms with van der Waals surface area (Å²) in [5.74, 6) is 0. The number of H-pyrrole nitrogens is 1. The van der Waals surface area contributed by atoms with Crippen molar-refractivity contribution in [2.45, 2.75) is 25.3 Å². The van der Waals surface area contributed by atoms with E-state index in [0.717, 1.165) is 34.8 Å². The number of non-ortho nitro benzene ring substituents is 1. The van der Waals surface area contributed by atoms with E-state index in [1.54, 1.807) is 12.1 Å². The fraction of sp³-hybridized carbons (Fsp3) is 0.211. The molecule has 2 aromatic carbocycles. The topological polar surface area (TPSA) is 71.3 Å². The van der Waals surface area contributed by atoms with Crippen LogP contribution in [-0.4, -0.2) is 16.1 Å². The summed E-state index contributed by atoms with van der Waals surface area (Å²) < 4.78 is 1.08. The van der Waals surface area contributed by atoms with Crippen LogP contribution in [0.3, 0.4) is 0 Å². The highest BCUT2D eigenvalue weighted by Gasteiger charge is 2.23. The molecule has 0 amide bonds. The van der Waals surface area contributed by atoms with Gasteiger partial charge in [0, 0.05) is 39.4 Å². The number of hydrogen-bond acceptors (Lipinski definition) is 3. The highest BCUT2D eigenvalue weighted by atomic mass is 79.9. The smallest absolute Gasteiger partial charge is 0.269 e. The first-order chi connectivity index (χ1) is 12.1. The van der Waals surface area contributed by atoms with Gasteiger partial charge in [0.25, 0.3) is 5.69 Å². The maximum Gasteiger partial charge on any atom is 0.269 e. The van der Waals surface area contributed by atoms with Crippen molar-refractivity contribution < 1.29 is 4.92 Å². The van der Waals surface area contributed by atoms with Crippen LogP contribution >= 0.6 is 15.9 Å². The second kappa shape index (κ2) is 6.44. The zero-order valence-electron chi connectivity index (χ0n) is 13.4. The van der Waals surface area contributed by atoms with Gasteiger partial charge in [0.2, 0.25) is 0 Å². The molecule has 1 aliphatic rings. The molecule has 1 heterocycles. The quantitative estimate of drug-likeness (QED) is 0.368. The average Bonchev–Trinajstić information content (AvgIpc) is 2.99. The number of fused-ring (bicyclic) bond motifs is 3. The predicted octanol–water partition coefficient (Wildman–Crippen LogP) is 5.34. The molecule has 1 aliphatic carbocycles. The number of benzene rings is 2. The zero-order valence-corrected chi connectivity index (χ0v) is 15.0. The van der Waals surface area contributed by atoms with Gasteiger partial charge in [-0.2, -0.15) is 0 Å². The third-order valence-corrected chi connectivity index (χ3v) is 5.14. The molecule has 0 spiro atoms. The van der Waals surface area contributed by atoms with Crippen molar-refractivity contribution >= 4 is 38.7 Å². The van der Waals surface area contributed by atoms with Crippen LogP contribution in [0.15, 0.2) is 51.9 Å². The van der Waals surface area contributed by atoms with Gasteiger partial charge in [-0.15, -0.1) is 0 Å². The van der Waals surface area contributed by atoms with Gasteiger partial charge < -0.3 is 4.98 Å². The molecule has 25 heavy (non-hydrogen) atoms. The number of aliphatic imine (C=N–C) groups is 1. The first-order valence-electron chi connectivity index (χ1n) is 8.19. The number of aryl methyl sites for hydroxylation is 1. The van der Waals surface area contributed by atoms with Gasteiger partial charge in [-0.25, -0.2) is 0 Å². The number of aromatic amines is 1. The molecule has 6 heteroatoms. The lowest BCUT2D eigenvalue weighted by Gasteiger charge is -2.19. The second-order valence-corrected chi connectivity index (χ2v) is 7.16. The van der Waals surface area contributed by atoms with Crippen LogP contribution in [0.1, 0.15) is 35.7 Å². The SMILES string of the molecule is O=[N+]([O-])c1ccc(C=N[C@H]2CCCc3c2[nH]c2ccc(Br)cc32)cc1. The molecule has 0 fully saturated rings. The molecule has 126 valence electrons. The second-order valence-electron chi connectivity index (χ2n) is 6.24. The molecule has 0 bridgehead atoms. The molecule has 1 atom stereocenters. The Balaban J connectivity index is 1.64. The van der Waals surface area contributed by atoms with Crippen LogP contribution in [-0.2, 0) is 6.42 Å². The standard InChI is InChI=1S/C19H16BrN3O2/c20-13-6-9-17-16(10-13)15-2-1-3-18(19(15)22-17)21-11-12-4-7-14(8-5-12)23(24)25/h4-11,18,22H,1-3H2/t18-/m0/s1. The number of aromatic nitrogens is 1. The van der Waals surface area contributed by atoms with Gasteiger partial charge in [0.1, 0.15) is 0 Å². The molecule has 0 unspecified atom stereocenters. The molecule has 1 N–H and O–H groups in total. The fourth-order valence-electron chi connectivity index (χ4n) is 3.42. The maximum atomic E-state index is 10.7. The third-order valence-electron chi connectivity index (χ3n) is 4.65. The van der Waals surface area contributed by atoms with E-state index in [0.29, 0.717) is 0 Å². The van der Waals surface area contributed by atoms with E-state index in [4.69, 9.17) is 4.99 Å². The Kier molecular flexibility index (Phi) is 4.13. The third kappa shape index (κ3) is 3.09. The Bertz CT molecular complexity index is 976. The lowest BCUT2D eigenvalue weighted by molar-refractivity contribution is -0.384. The normalized spacial score (nSPS) is 17.1. The zero-order chi connectivity index (χ0) is 17.4. The number of nitro benzene ring substituents is 1. The number of nitrogens with one attached hydrogen (secondary N) is 1. The number of hydrogen-bond donors (Lipinski definition) is 1. The highest BCUT2D eigenvalue weighted by molar-refractivity contribution is 9.10. The van der Waals surface area contributed by atoms with E-state index in [9.17, 15) is 10.1 Å². The van der Waals surface area contributed by atoms with E-state index in [-0.39, 0.29) is 11.7 Å². The van der Waals surface area contributed by atoms with Gasteiger partial charge in [0.05, 0.1) is 11.0 Å². The van der Waals surface area contributed by atoms with Gasteiger partial charge >= 0.3 is 0 Å². The van der Waals surface area contributed by atoms with Gasteiger partial charge in [-0.1, -0.05) is 15.9 Å². The Morgan fingerprint density at radius 1 is 1.24 bits per heavy atom. The Labute approximate surface area is 153 Å². The summed E-state index contributed by atoms with van der Waals surface area (Å²) in [7, 11) is 0. The van der Waals surface area contributed by atoms with Crippen molar-refractivity contribution in [1.29, 1.82) is 0 Å². The first kappa shape index (κ1) is 16.0. The van der Waals surface area contributed by atoms with Crippen molar-refractivity contribution in [2.75, 3.05) is 0 Å². The number of nitro groups is 1. The summed E-state index contributed by atoms with van der Waals surface area (Å²) in [6.45, 7) is 0. The van der Waals surface area contributed by atoms with Crippen LogP contribution < -0.4 is 0 Å². The first-order valence-corrected chi connectivity index (χ1v) is 8.99. The van der Waals surface area contributed by atoms with Gasteiger partial charge in [0.15, 0.2) is 0 Å². The lowest BCUT2D eigenvalue weighted by atomic mass is 9.92. The van der Waals surface area contributed by atoms with Crippen LogP contribution in [0, 0.1) is 10.1 Å². The molecular formula is C19H16BrN3O2. The molecule has 1 aromatic heterocycles. The van der Waals surface area contributed by atoms with Crippen molar-refractivity contribution in [2.24, 2.45) is 4.99 Å². The van der Waals surface area contributed by atoms with Crippen molar-refractivity contribution in [3.63, 3.8) is 0 Å².